The molecule has 0 bridgehead atoms. The summed E-state index contributed by atoms with van der Waals surface area (Å²) in [7, 11) is 0. The predicted molar refractivity (Wildman–Crippen MR) is 103 cm³/mol. The van der Waals surface area contributed by atoms with Crippen molar-refractivity contribution in [2.45, 2.75) is 38.5 Å². The van der Waals surface area contributed by atoms with Gasteiger partial charge in [0.15, 0.2) is 6.61 Å². The Morgan fingerprint density at radius 1 is 1.14 bits per heavy atom. The van der Waals surface area contributed by atoms with Crippen LogP contribution in [0, 0.1) is 0 Å². The van der Waals surface area contributed by atoms with Crippen molar-refractivity contribution in [2.75, 3.05) is 13.2 Å². The number of ether oxygens (including phenoxy) is 3. The maximum Gasteiger partial charge on any atom is 0.341 e. The van der Waals surface area contributed by atoms with Crippen molar-refractivity contribution in [1.29, 1.82) is 0 Å². The zero-order valence-corrected chi connectivity index (χ0v) is 15.8. The van der Waals surface area contributed by atoms with Crippen LogP contribution < -0.4 is 14.2 Å². The van der Waals surface area contributed by atoms with Crippen molar-refractivity contribution < 1.29 is 28.9 Å². The first-order valence-electron chi connectivity index (χ1n) is 9.48. The Morgan fingerprint density at radius 3 is 2.75 bits per heavy atom. The summed E-state index contributed by atoms with van der Waals surface area (Å²) < 4.78 is 16.4. The molecule has 0 amide bonds. The second-order valence-electron chi connectivity index (χ2n) is 6.74. The van der Waals surface area contributed by atoms with Crippen LogP contribution in [-0.4, -0.2) is 30.3 Å². The van der Waals surface area contributed by atoms with Gasteiger partial charge in [-0.15, -0.1) is 0 Å². The first kappa shape index (κ1) is 19.7. The van der Waals surface area contributed by atoms with Crippen molar-refractivity contribution in [3.05, 3.63) is 53.6 Å². The van der Waals surface area contributed by atoms with Gasteiger partial charge in [-0.05, 0) is 30.2 Å². The molecule has 148 valence electrons. The molecule has 1 aliphatic heterocycles. The molecule has 2 aromatic carbocycles. The monoisotopic (exact) mass is 384 g/mol. The number of hydrogen-bond donors (Lipinski definition) is 1. The van der Waals surface area contributed by atoms with E-state index in [2.05, 4.69) is 6.92 Å². The molecule has 0 spiro atoms. The van der Waals surface area contributed by atoms with E-state index in [1.807, 2.05) is 30.3 Å². The van der Waals surface area contributed by atoms with E-state index in [1.165, 1.54) is 0 Å². The number of fused-ring (bicyclic) bond motifs is 1. The standard InChI is InChI=1S/C22H24O6/c1-2-3-4-10-26-16-7-5-6-15(11-16)19-13-22(25)28-20-12-17(8-9-18(19)20)27-14-21(23)24/h5-9,11-12,19H,2-4,10,13-14H2,1H3,(H,23,24). The van der Waals surface area contributed by atoms with Crippen LogP contribution >= 0.6 is 0 Å². The summed E-state index contributed by atoms with van der Waals surface area (Å²) >= 11 is 0. The Hall–Kier alpha value is -3.02. The van der Waals surface area contributed by atoms with Crippen LogP contribution in [0.3, 0.4) is 0 Å². The predicted octanol–water partition coefficient (Wildman–Crippen LogP) is 4.16. The first-order valence-corrected chi connectivity index (χ1v) is 9.48. The second-order valence-corrected chi connectivity index (χ2v) is 6.74. The number of rotatable bonds is 9. The van der Waals surface area contributed by atoms with E-state index in [0.717, 1.165) is 36.1 Å². The third-order valence-electron chi connectivity index (χ3n) is 4.59. The normalized spacial score (nSPS) is 15.5. The molecule has 0 saturated carbocycles. The lowest BCUT2D eigenvalue weighted by atomic mass is 9.86. The third kappa shape index (κ3) is 5.03. The summed E-state index contributed by atoms with van der Waals surface area (Å²) in [5.41, 5.74) is 1.84. The summed E-state index contributed by atoms with van der Waals surface area (Å²) in [5, 5.41) is 8.74. The van der Waals surface area contributed by atoms with Crippen LogP contribution in [0.1, 0.15) is 49.7 Å². The fourth-order valence-corrected chi connectivity index (χ4v) is 3.23. The fraction of sp³-hybridized carbons (Fsp3) is 0.364. The maximum absolute atomic E-state index is 12.1. The summed E-state index contributed by atoms with van der Waals surface area (Å²) in [6.45, 7) is 2.37. The smallest absolute Gasteiger partial charge is 0.341 e. The number of carbonyl (C=O) groups excluding carboxylic acids is 1. The van der Waals surface area contributed by atoms with Crippen molar-refractivity contribution in [3.63, 3.8) is 0 Å². The minimum absolute atomic E-state index is 0.149. The van der Waals surface area contributed by atoms with Crippen molar-refractivity contribution >= 4 is 11.9 Å². The van der Waals surface area contributed by atoms with Crippen LogP contribution in [0.15, 0.2) is 42.5 Å². The molecule has 28 heavy (non-hydrogen) atoms. The van der Waals surface area contributed by atoms with E-state index >= 15 is 0 Å². The molecule has 6 nitrogen and oxygen atoms in total. The second kappa shape index (κ2) is 9.26. The lowest BCUT2D eigenvalue weighted by Crippen LogP contribution is -2.21. The zero-order chi connectivity index (χ0) is 19.9. The van der Waals surface area contributed by atoms with Gasteiger partial charge in [0.05, 0.1) is 13.0 Å². The lowest BCUT2D eigenvalue weighted by Gasteiger charge is -2.25. The molecule has 2 aromatic rings. The van der Waals surface area contributed by atoms with Crippen LogP contribution in [0.5, 0.6) is 17.2 Å². The highest BCUT2D eigenvalue weighted by atomic mass is 16.5. The van der Waals surface area contributed by atoms with Crippen molar-refractivity contribution in [1.82, 2.24) is 0 Å². The molecule has 0 aromatic heterocycles. The molecule has 3 rings (SSSR count). The molecule has 1 aliphatic rings. The molecule has 1 N–H and O–H groups in total. The first-order chi connectivity index (χ1) is 13.6. The Labute approximate surface area is 164 Å². The van der Waals surface area contributed by atoms with Crippen LogP contribution in [-0.2, 0) is 9.59 Å². The molecule has 0 fully saturated rings. The van der Waals surface area contributed by atoms with Crippen molar-refractivity contribution in [2.24, 2.45) is 0 Å². The molecule has 6 heteroatoms. The minimum atomic E-state index is -1.07. The summed E-state index contributed by atoms with van der Waals surface area (Å²) in [4.78, 5) is 22.8. The van der Waals surface area contributed by atoms with Gasteiger partial charge in [0.2, 0.25) is 0 Å². The number of carbonyl (C=O) groups is 2. The van der Waals surface area contributed by atoms with E-state index in [-0.39, 0.29) is 18.3 Å². The van der Waals surface area contributed by atoms with Gasteiger partial charge in [0, 0.05) is 17.5 Å². The fourth-order valence-electron chi connectivity index (χ4n) is 3.23. The van der Waals surface area contributed by atoms with Gasteiger partial charge >= 0.3 is 11.9 Å². The van der Waals surface area contributed by atoms with Crippen LogP contribution in [0.2, 0.25) is 0 Å². The number of carboxylic acids is 1. The van der Waals surface area contributed by atoms with Crippen LogP contribution in [0.25, 0.3) is 0 Å². The minimum Gasteiger partial charge on any atom is -0.494 e. The van der Waals surface area contributed by atoms with E-state index < -0.39 is 12.6 Å². The molecule has 1 atom stereocenters. The van der Waals surface area contributed by atoms with E-state index in [1.54, 1.807) is 12.1 Å². The van der Waals surface area contributed by atoms with Crippen LogP contribution in [0.4, 0.5) is 0 Å². The van der Waals surface area contributed by atoms with Crippen molar-refractivity contribution in [3.8, 4) is 17.2 Å². The molecule has 0 saturated heterocycles. The largest absolute Gasteiger partial charge is 0.494 e. The molecular formula is C22H24O6. The number of esters is 1. The number of carboxylic acid groups (broad SMARTS) is 1. The maximum atomic E-state index is 12.1. The van der Waals surface area contributed by atoms with E-state index in [4.69, 9.17) is 19.3 Å². The molecular weight excluding hydrogens is 360 g/mol. The summed E-state index contributed by atoms with van der Waals surface area (Å²) in [6.07, 6.45) is 3.52. The Balaban J connectivity index is 1.80. The average Bonchev–Trinajstić information content (AvgIpc) is 2.69. The Bertz CT molecular complexity index is 845. The quantitative estimate of drug-likeness (QED) is 0.397. The molecule has 1 heterocycles. The van der Waals surface area contributed by atoms with Gasteiger partial charge in [-0.3, -0.25) is 4.79 Å². The van der Waals surface area contributed by atoms with Gasteiger partial charge in [0.1, 0.15) is 17.2 Å². The number of hydrogen-bond acceptors (Lipinski definition) is 5. The highest BCUT2D eigenvalue weighted by Gasteiger charge is 2.29. The highest BCUT2D eigenvalue weighted by Crippen LogP contribution is 2.41. The SMILES string of the molecule is CCCCCOc1cccc(C2CC(=O)Oc3cc(OCC(=O)O)ccc32)c1. The van der Waals surface area contributed by atoms with E-state index in [9.17, 15) is 9.59 Å². The van der Waals surface area contributed by atoms with Gasteiger partial charge in [-0.1, -0.05) is 38.0 Å². The Morgan fingerprint density at radius 2 is 1.96 bits per heavy atom. The number of aliphatic carboxylic acids is 1. The number of benzene rings is 2. The summed E-state index contributed by atoms with van der Waals surface area (Å²) in [6, 6.07) is 12.9. The van der Waals surface area contributed by atoms with Gasteiger partial charge < -0.3 is 19.3 Å². The van der Waals surface area contributed by atoms with Gasteiger partial charge in [0.25, 0.3) is 0 Å². The Kier molecular flexibility index (Phi) is 6.53. The topological polar surface area (TPSA) is 82.1 Å². The molecule has 0 radical (unpaired) electrons. The highest BCUT2D eigenvalue weighted by molar-refractivity contribution is 5.78. The molecule has 1 unspecified atom stereocenters. The van der Waals surface area contributed by atoms with Gasteiger partial charge in [-0.2, -0.15) is 0 Å². The average molecular weight is 384 g/mol. The third-order valence-corrected chi connectivity index (χ3v) is 4.59. The molecule has 0 aliphatic carbocycles. The zero-order valence-electron chi connectivity index (χ0n) is 15.8. The number of unbranched alkanes of at least 4 members (excludes halogenated alkanes) is 2. The summed E-state index contributed by atoms with van der Waals surface area (Å²) in [5.74, 6) is -0.00835. The van der Waals surface area contributed by atoms with Gasteiger partial charge in [-0.25, -0.2) is 4.79 Å². The lowest BCUT2D eigenvalue weighted by molar-refractivity contribution is -0.139. The van der Waals surface area contributed by atoms with E-state index in [0.29, 0.717) is 18.1 Å².